The number of aryl methyl sites for hydroxylation is 2. The van der Waals surface area contributed by atoms with Crippen LogP contribution >= 0.6 is 0 Å². The third kappa shape index (κ3) is 3.86. The van der Waals surface area contributed by atoms with E-state index in [4.69, 9.17) is 13.9 Å². The van der Waals surface area contributed by atoms with Gasteiger partial charge in [-0.1, -0.05) is 18.2 Å². The first-order valence-electron chi connectivity index (χ1n) is 11.7. The minimum absolute atomic E-state index is 0.0522. The van der Waals surface area contributed by atoms with E-state index in [9.17, 15) is 14.7 Å². The average Bonchev–Trinajstić information content (AvgIpc) is 3.15. The maximum absolute atomic E-state index is 13.7. The molecular formula is C29H27NO6. The first-order chi connectivity index (χ1) is 17.3. The van der Waals surface area contributed by atoms with Gasteiger partial charge < -0.3 is 23.9 Å². The Balaban J connectivity index is 1.61. The Morgan fingerprint density at radius 3 is 2.42 bits per heavy atom. The maximum atomic E-state index is 13.7. The van der Waals surface area contributed by atoms with E-state index < -0.39 is 6.04 Å². The number of fused-ring (bicyclic) bond motifs is 2. The minimum Gasteiger partial charge on any atom is -0.508 e. The van der Waals surface area contributed by atoms with Crippen LogP contribution in [0, 0.1) is 13.8 Å². The summed E-state index contributed by atoms with van der Waals surface area (Å²) in [6.45, 7) is 4.20. The molecule has 5 rings (SSSR count). The zero-order valence-electron chi connectivity index (χ0n) is 20.6. The van der Waals surface area contributed by atoms with E-state index in [0.29, 0.717) is 46.6 Å². The summed E-state index contributed by atoms with van der Waals surface area (Å²) in [4.78, 5) is 29.0. The molecule has 1 aliphatic rings. The van der Waals surface area contributed by atoms with Gasteiger partial charge in [-0.3, -0.25) is 9.59 Å². The molecule has 0 saturated heterocycles. The summed E-state index contributed by atoms with van der Waals surface area (Å²) < 4.78 is 16.8. The number of rotatable bonds is 6. The van der Waals surface area contributed by atoms with Crippen molar-refractivity contribution in [2.24, 2.45) is 0 Å². The molecule has 0 unspecified atom stereocenters. The quantitative estimate of drug-likeness (QED) is 0.417. The van der Waals surface area contributed by atoms with E-state index in [2.05, 4.69) is 0 Å². The predicted molar refractivity (Wildman–Crippen MR) is 136 cm³/mol. The number of nitrogens with zero attached hydrogens (tertiary/aromatic N) is 1. The molecule has 0 spiro atoms. The topological polar surface area (TPSA) is 89.2 Å². The SMILES string of the molecule is COc1ccc(CCN2C(=O)c3oc4cc(C)c(C)cc4c(=O)c3[C@@H]2c2cccc(O)c2)cc1OC. The Labute approximate surface area is 208 Å². The number of phenols is 1. The first-order valence-corrected chi connectivity index (χ1v) is 11.7. The summed E-state index contributed by atoms with van der Waals surface area (Å²) in [6, 6.07) is 15.2. The Hall–Kier alpha value is -4.26. The second-order valence-electron chi connectivity index (χ2n) is 9.04. The molecule has 1 N–H and O–H groups in total. The number of hydrogen-bond acceptors (Lipinski definition) is 6. The van der Waals surface area contributed by atoms with Crippen molar-refractivity contribution < 1.29 is 23.8 Å². The van der Waals surface area contributed by atoms with Gasteiger partial charge in [0, 0.05) is 6.54 Å². The van der Waals surface area contributed by atoms with Crippen LogP contribution < -0.4 is 14.9 Å². The number of carbonyl (C=O) groups is 1. The molecule has 0 radical (unpaired) electrons. The number of aromatic hydroxyl groups is 1. The zero-order valence-corrected chi connectivity index (χ0v) is 20.6. The zero-order chi connectivity index (χ0) is 25.6. The fourth-order valence-electron chi connectivity index (χ4n) is 4.83. The highest BCUT2D eigenvalue weighted by molar-refractivity contribution is 5.99. The van der Waals surface area contributed by atoms with Gasteiger partial charge in [0.2, 0.25) is 5.76 Å². The molecule has 3 aromatic carbocycles. The smallest absolute Gasteiger partial charge is 0.290 e. The van der Waals surface area contributed by atoms with Crippen LogP contribution in [0.4, 0.5) is 0 Å². The van der Waals surface area contributed by atoms with Crippen molar-refractivity contribution in [1.82, 2.24) is 4.90 Å². The minimum atomic E-state index is -0.679. The molecular weight excluding hydrogens is 458 g/mol. The molecule has 1 amide bonds. The Kier molecular flexibility index (Phi) is 5.92. The third-order valence-electron chi connectivity index (χ3n) is 6.86. The standard InChI is InChI=1S/C29H27NO6/c1-16-12-21-23(13-17(16)2)36-28-25(27(21)32)26(19-6-5-7-20(31)15-19)30(29(28)33)11-10-18-8-9-22(34-3)24(14-18)35-4/h5-9,12-15,26,31H,10-11H2,1-4H3/t26-/m0/s1. The molecule has 0 fully saturated rings. The molecule has 0 aliphatic carbocycles. The fourth-order valence-corrected chi connectivity index (χ4v) is 4.83. The van der Waals surface area contributed by atoms with E-state index in [0.717, 1.165) is 16.7 Å². The van der Waals surface area contributed by atoms with Gasteiger partial charge >= 0.3 is 0 Å². The summed E-state index contributed by atoms with van der Waals surface area (Å²) in [5.74, 6) is 0.984. The van der Waals surface area contributed by atoms with E-state index in [-0.39, 0.29) is 22.8 Å². The van der Waals surface area contributed by atoms with Crippen molar-refractivity contribution in [1.29, 1.82) is 0 Å². The molecule has 1 aromatic heterocycles. The number of ether oxygens (including phenoxy) is 2. The highest BCUT2D eigenvalue weighted by atomic mass is 16.5. The van der Waals surface area contributed by atoms with E-state index in [1.54, 1.807) is 49.5 Å². The van der Waals surface area contributed by atoms with Gasteiger partial charge in [-0.25, -0.2) is 0 Å². The van der Waals surface area contributed by atoms with Crippen LogP contribution in [0.2, 0.25) is 0 Å². The number of methoxy groups -OCH3 is 2. The van der Waals surface area contributed by atoms with E-state index in [1.165, 1.54) is 0 Å². The van der Waals surface area contributed by atoms with Crippen molar-refractivity contribution in [2.75, 3.05) is 20.8 Å². The van der Waals surface area contributed by atoms with Crippen LogP contribution in [0.5, 0.6) is 17.2 Å². The maximum Gasteiger partial charge on any atom is 0.290 e. The molecule has 0 bridgehead atoms. The van der Waals surface area contributed by atoms with Gasteiger partial charge in [0.05, 0.1) is 31.2 Å². The van der Waals surface area contributed by atoms with Gasteiger partial charge in [-0.05, 0) is 78.9 Å². The number of phenolic OH excluding ortho intramolecular Hbond substituents is 1. The summed E-state index contributed by atoms with van der Waals surface area (Å²) in [5, 5.41) is 10.6. The van der Waals surface area contributed by atoms with Gasteiger partial charge in [0.25, 0.3) is 5.91 Å². The normalized spacial score (nSPS) is 14.8. The van der Waals surface area contributed by atoms with Crippen molar-refractivity contribution in [3.05, 3.63) is 98.4 Å². The number of amides is 1. The Morgan fingerprint density at radius 2 is 1.69 bits per heavy atom. The number of hydrogen-bond donors (Lipinski definition) is 1. The molecule has 4 aromatic rings. The monoisotopic (exact) mass is 485 g/mol. The number of carbonyl (C=O) groups excluding carboxylic acids is 1. The molecule has 184 valence electrons. The van der Waals surface area contributed by atoms with Gasteiger partial charge in [-0.2, -0.15) is 0 Å². The van der Waals surface area contributed by atoms with Gasteiger partial charge in [0.1, 0.15) is 11.3 Å². The van der Waals surface area contributed by atoms with Crippen LogP contribution in [0.25, 0.3) is 11.0 Å². The van der Waals surface area contributed by atoms with Crippen LogP contribution in [-0.4, -0.2) is 36.7 Å². The highest BCUT2D eigenvalue weighted by Crippen LogP contribution is 2.39. The molecule has 2 heterocycles. The van der Waals surface area contributed by atoms with Crippen LogP contribution in [0.15, 0.2) is 63.8 Å². The lowest BCUT2D eigenvalue weighted by molar-refractivity contribution is 0.0730. The lowest BCUT2D eigenvalue weighted by Gasteiger charge is -2.25. The van der Waals surface area contributed by atoms with E-state index >= 15 is 0 Å². The third-order valence-corrected chi connectivity index (χ3v) is 6.86. The molecule has 36 heavy (non-hydrogen) atoms. The molecule has 0 saturated carbocycles. The summed E-state index contributed by atoms with van der Waals surface area (Å²) in [6.07, 6.45) is 0.515. The Bertz CT molecular complexity index is 1550. The lowest BCUT2D eigenvalue weighted by Crippen LogP contribution is -2.31. The second-order valence-corrected chi connectivity index (χ2v) is 9.04. The van der Waals surface area contributed by atoms with Crippen molar-refractivity contribution >= 4 is 16.9 Å². The Morgan fingerprint density at radius 1 is 0.944 bits per heavy atom. The summed E-state index contributed by atoms with van der Waals surface area (Å²) in [5.41, 5.74) is 4.00. The molecule has 7 heteroatoms. The molecule has 7 nitrogen and oxygen atoms in total. The van der Waals surface area contributed by atoms with Gasteiger partial charge in [0.15, 0.2) is 16.9 Å². The molecule has 1 atom stereocenters. The predicted octanol–water partition coefficient (Wildman–Crippen LogP) is 4.92. The fraction of sp³-hybridized carbons (Fsp3) is 0.241. The first kappa shape index (κ1) is 23.5. The van der Waals surface area contributed by atoms with E-state index in [1.807, 2.05) is 38.1 Å². The number of benzene rings is 3. The van der Waals surface area contributed by atoms with Crippen molar-refractivity contribution in [3.63, 3.8) is 0 Å². The average molecular weight is 486 g/mol. The van der Waals surface area contributed by atoms with Crippen molar-refractivity contribution in [3.8, 4) is 17.2 Å². The lowest BCUT2D eigenvalue weighted by atomic mass is 9.97. The van der Waals surface area contributed by atoms with Crippen LogP contribution in [0.1, 0.15) is 44.4 Å². The summed E-state index contributed by atoms with van der Waals surface area (Å²) >= 11 is 0. The molecule has 1 aliphatic heterocycles. The largest absolute Gasteiger partial charge is 0.508 e. The van der Waals surface area contributed by atoms with Crippen LogP contribution in [0.3, 0.4) is 0 Å². The highest BCUT2D eigenvalue weighted by Gasteiger charge is 2.42. The second kappa shape index (κ2) is 9.07. The van der Waals surface area contributed by atoms with Crippen molar-refractivity contribution in [2.45, 2.75) is 26.3 Å². The summed E-state index contributed by atoms with van der Waals surface area (Å²) in [7, 11) is 3.15. The van der Waals surface area contributed by atoms with Crippen LogP contribution in [-0.2, 0) is 6.42 Å². The van der Waals surface area contributed by atoms with Gasteiger partial charge in [-0.15, -0.1) is 0 Å².